The Balaban J connectivity index is 1.96. The lowest BCUT2D eigenvalue weighted by Crippen LogP contribution is -2.66. The van der Waals surface area contributed by atoms with Gasteiger partial charge in [0.25, 0.3) is 0 Å². The van der Waals surface area contributed by atoms with E-state index in [0.717, 1.165) is 48.5 Å². The molecule has 196 valence electrons. The topological polar surface area (TPSA) is 0 Å². The predicted molar refractivity (Wildman–Crippen MR) is 111 cm³/mol. The summed E-state index contributed by atoms with van der Waals surface area (Å²) in [6, 6.07) is 7.50. The fourth-order valence-electron chi connectivity index (χ4n) is 5.64. The summed E-state index contributed by atoms with van der Waals surface area (Å²) in [6.07, 6.45) is -12.0. The van der Waals surface area contributed by atoms with Gasteiger partial charge in [0.1, 0.15) is 0 Å². The Hall–Kier alpha value is -2.22. The highest BCUT2D eigenvalue weighted by molar-refractivity contribution is 8.06. The van der Waals surface area contributed by atoms with Gasteiger partial charge in [-0.3, -0.25) is 0 Å². The number of benzene rings is 2. The summed E-state index contributed by atoms with van der Waals surface area (Å²) in [7, 11) is 0. The molecule has 1 fully saturated rings. The number of thioether (sulfide) groups is 2. The molecule has 14 heteroatoms. The second kappa shape index (κ2) is 6.67. The van der Waals surface area contributed by atoms with Crippen LogP contribution in [0.15, 0.2) is 69.5 Å². The van der Waals surface area contributed by atoms with Gasteiger partial charge in [-0.2, -0.15) is 52.7 Å². The van der Waals surface area contributed by atoms with E-state index in [-0.39, 0.29) is 0 Å². The third kappa shape index (κ3) is 2.42. The van der Waals surface area contributed by atoms with Gasteiger partial charge in [0, 0.05) is 20.9 Å². The highest BCUT2D eigenvalue weighted by Crippen LogP contribution is 2.83. The Kier molecular flexibility index (Phi) is 4.52. The van der Waals surface area contributed by atoms with Crippen LogP contribution in [0.25, 0.3) is 11.1 Å². The summed E-state index contributed by atoms with van der Waals surface area (Å²) in [5.41, 5.74) is -10.4. The third-order valence-corrected chi connectivity index (χ3v) is 10.4. The van der Waals surface area contributed by atoms with Crippen molar-refractivity contribution >= 4 is 34.7 Å². The van der Waals surface area contributed by atoms with Crippen LogP contribution in [-0.4, -0.2) is 39.6 Å². The number of fused-ring (bicyclic) bond motifs is 8. The zero-order valence-corrected chi connectivity index (χ0v) is 19.1. The first-order valence-electron chi connectivity index (χ1n) is 10.2. The number of hydrogen-bond acceptors (Lipinski definition) is 2. The van der Waals surface area contributed by atoms with Gasteiger partial charge in [-0.25, -0.2) is 0 Å². The Bertz CT molecular complexity index is 1340. The molecule has 2 atom stereocenters. The van der Waals surface area contributed by atoms with Crippen molar-refractivity contribution in [1.29, 1.82) is 0 Å². The van der Waals surface area contributed by atoms with Crippen molar-refractivity contribution in [2.75, 3.05) is 0 Å². The smallest absolute Gasteiger partial charge is 0.194 e. The van der Waals surface area contributed by atoms with E-state index in [1.54, 1.807) is 0 Å². The molecule has 37 heavy (non-hydrogen) atoms. The molecule has 0 unspecified atom stereocenters. The fraction of sp³-hybridized carbons (Fsp3) is 0.304. The molecule has 0 saturated heterocycles. The van der Waals surface area contributed by atoms with Crippen molar-refractivity contribution in [2.45, 2.75) is 49.4 Å². The molecule has 2 aliphatic carbocycles. The van der Waals surface area contributed by atoms with Gasteiger partial charge in [-0.1, -0.05) is 36.4 Å². The van der Waals surface area contributed by atoms with E-state index in [1.807, 2.05) is 0 Å². The second-order valence-electron chi connectivity index (χ2n) is 8.78. The largest absolute Gasteiger partial charge is 0.409 e. The summed E-state index contributed by atoms with van der Waals surface area (Å²) in [5.74, 6) is -18.2. The molecule has 2 aromatic carbocycles. The molecule has 0 amide bonds. The molecule has 0 N–H and O–H groups in total. The SMILES string of the molecule is FC1(F)C2=C3c4ccccc4S[C@@]3(C(F)(F)F)[C@]3(C(F)(F)F)Sc4ccccc4C3=C2C(F)(F)C1(F)F. The van der Waals surface area contributed by atoms with Gasteiger partial charge in [0.05, 0.1) is 0 Å². The molecule has 0 aromatic heterocycles. The summed E-state index contributed by atoms with van der Waals surface area (Å²) in [4.78, 5) is -1.17. The Morgan fingerprint density at radius 1 is 0.486 bits per heavy atom. The van der Waals surface area contributed by atoms with Crippen LogP contribution in [0.3, 0.4) is 0 Å². The molecule has 2 aliphatic heterocycles. The van der Waals surface area contributed by atoms with Crippen LogP contribution in [0.4, 0.5) is 52.7 Å². The van der Waals surface area contributed by atoms with E-state index in [2.05, 4.69) is 0 Å². The van der Waals surface area contributed by atoms with E-state index in [9.17, 15) is 8.78 Å². The predicted octanol–water partition coefficient (Wildman–Crippen LogP) is 8.64. The first kappa shape index (κ1) is 25.1. The maximum Gasteiger partial charge on any atom is 0.409 e. The van der Waals surface area contributed by atoms with Gasteiger partial charge >= 0.3 is 30.1 Å². The molecule has 6 rings (SSSR count). The molecule has 4 aliphatic rings. The zero-order chi connectivity index (χ0) is 27.2. The molecular formula is C23H8F12S2. The van der Waals surface area contributed by atoms with Crippen molar-refractivity contribution in [3.8, 4) is 0 Å². The maximum absolute atomic E-state index is 15.3. The first-order valence-corrected chi connectivity index (χ1v) is 11.9. The average Bonchev–Trinajstić information content (AvgIpc) is 3.35. The summed E-state index contributed by atoms with van der Waals surface area (Å²) in [5, 5.41) is 0. The number of halogens is 12. The van der Waals surface area contributed by atoms with Crippen molar-refractivity contribution < 1.29 is 52.7 Å². The summed E-state index contributed by atoms with van der Waals surface area (Å²) >= 11 is -0.968. The normalized spacial score (nSPS) is 30.6. The van der Waals surface area contributed by atoms with Crippen LogP contribution >= 0.6 is 23.5 Å². The van der Waals surface area contributed by atoms with Crippen molar-refractivity contribution in [2.24, 2.45) is 0 Å². The van der Waals surface area contributed by atoms with Crippen LogP contribution in [0, 0.1) is 0 Å². The van der Waals surface area contributed by atoms with Gasteiger partial charge < -0.3 is 0 Å². The number of hydrogen-bond donors (Lipinski definition) is 0. The van der Waals surface area contributed by atoms with Crippen molar-refractivity contribution in [3.63, 3.8) is 0 Å². The second-order valence-corrected chi connectivity index (χ2v) is 11.3. The minimum Gasteiger partial charge on any atom is -0.194 e. The summed E-state index contributed by atoms with van der Waals surface area (Å²) in [6.45, 7) is 0. The quantitative estimate of drug-likeness (QED) is 0.288. The monoisotopic (exact) mass is 576 g/mol. The van der Waals surface area contributed by atoms with Gasteiger partial charge in [-0.05, 0) is 34.4 Å². The van der Waals surface area contributed by atoms with Crippen LogP contribution in [0.2, 0.25) is 0 Å². The summed E-state index contributed by atoms with van der Waals surface area (Å²) < 4.78 is 173. The highest BCUT2D eigenvalue weighted by Gasteiger charge is 2.91. The fourth-order valence-corrected chi connectivity index (χ4v) is 8.99. The van der Waals surface area contributed by atoms with Crippen molar-refractivity contribution in [3.05, 3.63) is 70.8 Å². The first-order chi connectivity index (χ1) is 16.9. The molecule has 0 nitrogen and oxygen atoms in total. The maximum atomic E-state index is 15.3. The van der Waals surface area contributed by atoms with E-state index < -0.39 is 106 Å². The van der Waals surface area contributed by atoms with Gasteiger partial charge in [-0.15, -0.1) is 23.5 Å². The standard InChI is InChI=1S/C23H8F12S2/c24-19(25)15-13-9-5-1-3-7-11(9)36-17(13,22(30,31)32)18(23(33,34)35)14(10-6-2-4-8-12(10)37-18)16(15)20(26,27)21(19,28)29/h1-8H/t17-,18-/m1/s1. The number of allylic oxidation sites excluding steroid dienone is 2. The Morgan fingerprint density at radius 3 is 1.14 bits per heavy atom. The minimum absolute atomic E-state index is 0.484. The van der Waals surface area contributed by atoms with Gasteiger partial charge in [0.2, 0.25) is 0 Å². The molecule has 0 bridgehead atoms. The molecule has 0 spiro atoms. The van der Waals surface area contributed by atoms with E-state index >= 15 is 43.9 Å². The lowest BCUT2D eigenvalue weighted by atomic mass is 9.66. The lowest BCUT2D eigenvalue weighted by molar-refractivity contribution is -0.257. The highest BCUT2D eigenvalue weighted by atomic mass is 32.2. The van der Waals surface area contributed by atoms with Gasteiger partial charge in [0.15, 0.2) is 9.49 Å². The molecule has 2 heterocycles. The number of rotatable bonds is 0. The third-order valence-electron chi connectivity index (χ3n) is 7.00. The molecule has 0 radical (unpaired) electrons. The van der Waals surface area contributed by atoms with Crippen LogP contribution in [0.5, 0.6) is 0 Å². The molecule has 1 saturated carbocycles. The van der Waals surface area contributed by atoms with E-state index in [0.29, 0.717) is 0 Å². The molecular weight excluding hydrogens is 568 g/mol. The lowest BCUT2D eigenvalue weighted by Gasteiger charge is -2.51. The van der Waals surface area contributed by atoms with Crippen LogP contribution in [-0.2, 0) is 0 Å². The average molecular weight is 576 g/mol. The van der Waals surface area contributed by atoms with Crippen molar-refractivity contribution in [1.82, 2.24) is 0 Å². The molecule has 2 aromatic rings. The van der Waals surface area contributed by atoms with Crippen LogP contribution < -0.4 is 0 Å². The van der Waals surface area contributed by atoms with E-state index in [1.165, 1.54) is 0 Å². The van der Waals surface area contributed by atoms with Crippen LogP contribution in [0.1, 0.15) is 11.1 Å². The zero-order valence-electron chi connectivity index (χ0n) is 17.5. The minimum atomic E-state index is -6.31. The van der Waals surface area contributed by atoms with E-state index in [4.69, 9.17) is 0 Å². The Morgan fingerprint density at radius 2 is 0.811 bits per heavy atom. The number of alkyl halides is 12. The Labute approximate surface area is 207 Å².